The van der Waals surface area contributed by atoms with E-state index in [1.54, 1.807) is 6.07 Å². The van der Waals surface area contributed by atoms with Gasteiger partial charge in [0.15, 0.2) is 5.82 Å². The maximum absolute atomic E-state index is 12.6. The normalized spacial score (nSPS) is 11.9. The number of nitrogens with one attached hydrogen (secondary N) is 3. The fraction of sp³-hybridized carbons (Fsp3) is 0.238. The van der Waals surface area contributed by atoms with Crippen molar-refractivity contribution >= 4 is 27.6 Å². The highest BCUT2D eigenvalue weighted by atomic mass is 32.2. The Morgan fingerprint density at radius 3 is 2.37 bits per heavy atom. The Hall–Kier alpha value is -3.62. The zero-order valence-electron chi connectivity index (χ0n) is 18.7. The molecule has 4 N–H and O–H groups in total. The highest BCUT2D eigenvalue weighted by molar-refractivity contribution is 7.85. The van der Waals surface area contributed by atoms with Gasteiger partial charge in [-0.05, 0) is 50.5 Å². The van der Waals surface area contributed by atoms with E-state index in [2.05, 4.69) is 30.9 Å². The average Bonchev–Trinajstić information content (AvgIpc) is 2.76. The number of ether oxygens (including phenoxy) is 1. The Morgan fingerprint density at radius 1 is 1.03 bits per heavy atom. The Bertz CT molecular complexity index is 1250. The van der Waals surface area contributed by atoms with Gasteiger partial charge < -0.3 is 15.0 Å². The summed E-state index contributed by atoms with van der Waals surface area (Å²) in [7, 11) is -0.524. The van der Waals surface area contributed by atoms with Gasteiger partial charge in [0.2, 0.25) is 5.95 Å². The lowest BCUT2D eigenvalue weighted by atomic mass is 10.1. The largest absolute Gasteiger partial charge is 0.573 e. The van der Waals surface area contributed by atoms with Crippen LogP contribution in [0.1, 0.15) is 0 Å². The molecule has 1 aromatic heterocycles. The Morgan fingerprint density at radius 2 is 1.74 bits per heavy atom. The average molecular weight is 513 g/mol. The van der Waals surface area contributed by atoms with E-state index in [4.69, 9.17) is 4.55 Å². The molecule has 0 unspecified atom stereocenters. The van der Waals surface area contributed by atoms with Crippen LogP contribution in [0.15, 0.2) is 59.5 Å². The number of hydrogen-bond donors (Lipinski definition) is 4. The lowest BCUT2D eigenvalue weighted by Crippen LogP contribution is -2.22. The molecular formula is C21H23F3N6O4S. The molecule has 10 nitrogen and oxygen atoms in total. The number of halogens is 3. The lowest BCUT2D eigenvalue weighted by Gasteiger charge is -2.15. The van der Waals surface area contributed by atoms with Crippen LogP contribution in [0.5, 0.6) is 5.75 Å². The Balaban J connectivity index is 1.85. The molecule has 35 heavy (non-hydrogen) atoms. The summed E-state index contributed by atoms with van der Waals surface area (Å²) in [6.45, 7) is 1.20. The van der Waals surface area contributed by atoms with E-state index < -0.39 is 16.5 Å². The number of likely N-dealkylation sites (N-methyl/N-ethyl adjacent to an activating group) is 1. The first-order valence-electron chi connectivity index (χ1n) is 10.1. The summed E-state index contributed by atoms with van der Waals surface area (Å²) >= 11 is 0. The standard InChI is InChI=1S/C21H23F3N6O4S/c1-30(2)11-10-25-20-26-18(14-4-3-5-16(12-14)34-21(22,23)24)13-19(27-20)29-28-15-6-8-17(9-7-15)35(31,32)33/h3-9,12-13,28H,10-11H2,1-2H3,(H,31,32,33)(H2,25,26,27,29). The van der Waals surface area contributed by atoms with Gasteiger partial charge in [0.1, 0.15) is 5.75 Å². The number of rotatable bonds is 10. The van der Waals surface area contributed by atoms with E-state index in [1.165, 1.54) is 48.5 Å². The molecule has 3 aromatic rings. The maximum atomic E-state index is 12.6. The van der Waals surface area contributed by atoms with Crippen LogP contribution in [-0.4, -0.2) is 61.4 Å². The van der Waals surface area contributed by atoms with E-state index in [-0.39, 0.29) is 22.4 Å². The van der Waals surface area contributed by atoms with Gasteiger partial charge in [-0.15, -0.1) is 13.2 Å². The van der Waals surface area contributed by atoms with Crippen molar-refractivity contribution < 1.29 is 30.9 Å². The molecule has 0 saturated heterocycles. The molecule has 0 saturated carbocycles. The summed E-state index contributed by atoms with van der Waals surface area (Å²) in [5.41, 5.74) is 6.83. The van der Waals surface area contributed by atoms with E-state index in [9.17, 15) is 21.6 Å². The number of anilines is 3. The molecule has 0 aliphatic carbocycles. The summed E-state index contributed by atoms with van der Waals surface area (Å²) in [6.07, 6.45) is -4.83. The smallest absolute Gasteiger partial charge is 0.406 e. The van der Waals surface area contributed by atoms with Gasteiger partial charge in [-0.1, -0.05) is 12.1 Å². The first-order chi connectivity index (χ1) is 16.4. The number of aromatic nitrogens is 2. The van der Waals surface area contributed by atoms with Gasteiger partial charge in [-0.3, -0.25) is 15.4 Å². The third-order valence-electron chi connectivity index (χ3n) is 4.42. The van der Waals surface area contributed by atoms with Crippen molar-refractivity contribution in [1.82, 2.24) is 14.9 Å². The van der Waals surface area contributed by atoms with Gasteiger partial charge >= 0.3 is 6.36 Å². The fourth-order valence-corrected chi connectivity index (χ4v) is 3.31. The summed E-state index contributed by atoms with van der Waals surface area (Å²) in [4.78, 5) is 10.4. The SMILES string of the molecule is CN(C)CCNc1nc(NNc2ccc(S(=O)(=O)O)cc2)cc(-c2cccc(OC(F)(F)F)c2)n1. The molecule has 0 radical (unpaired) electrons. The van der Waals surface area contributed by atoms with E-state index in [0.717, 1.165) is 0 Å². The summed E-state index contributed by atoms with van der Waals surface area (Å²) < 4.78 is 73.3. The maximum Gasteiger partial charge on any atom is 0.573 e. The molecule has 1 heterocycles. The molecule has 2 aromatic carbocycles. The number of hydrogen-bond acceptors (Lipinski definition) is 9. The predicted octanol–water partition coefficient (Wildman–Crippen LogP) is 3.70. The molecule has 14 heteroatoms. The fourth-order valence-electron chi connectivity index (χ4n) is 2.83. The topological polar surface area (TPSA) is 129 Å². The van der Waals surface area contributed by atoms with Crippen LogP contribution in [0.25, 0.3) is 11.3 Å². The molecule has 0 bridgehead atoms. The van der Waals surface area contributed by atoms with E-state index >= 15 is 0 Å². The second-order valence-electron chi connectivity index (χ2n) is 7.52. The molecule has 0 aliphatic rings. The molecule has 0 atom stereocenters. The predicted molar refractivity (Wildman–Crippen MR) is 125 cm³/mol. The van der Waals surface area contributed by atoms with E-state index in [1.807, 2.05) is 19.0 Å². The molecule has 0 spiro atoms. The van der Waals surface area contributed by atoms with Crippen molar-refractivity contribution in [2.45, 2.75) is 11.3 Å². The highest BCUT2D eigenvalue weighted by Gasteiger charge is 2.31. The lowest BCUT2D eigenvalue weighted by molar-refractivity contribution is -0.274. The molecule has 0 aliphatic heterocycles. The first-order valence-corrected chi connectivity index (χ1v) is 11.6. The number of nitrogens with zero attached hydrogens (tertiary/aromatic N) is 3. The second kappa shape index (κ2) is 10.8. The van der Waals surface area contributed by atoms with Gasteiger partial charge in [-0.2, -0.15) is 13.4 Å². The van der Waals surface area contributed by atoms with Crippen molar-refractivity contribution in [3.05, 3.63) is 54.6 Å². The van der Waals surface area contributed by atoms with Crippen LogP contribution in [0.2, 0.25) is 0 Å². The van der Waals surface area contributed by atoms with E-state index in [0.29, 0.717) is 30.0 Å². The van der Waals surface area contributed by atoms with Crippen molar-refractivity contribution in [3.8, 4) is 17.0 Å². The van der Waals surface area contributed by atoms with Gasteiger partial charge in [-0.25, -0.2) is 4.98 Å². The van der Waals surface area contributed by atoms with Crippen LogP contribution in [0, 0.1) is 0 Å². The third kappa shape index (κ3) is 8.27. The number of benzene rings is 2. The van der Waals surface area contributed by atoms with Crippen LogP contribution < -0.4 is 20.9 Å². The second-order valence-corrected chi connectivity index (χ2v) is 8.94. The van der Waals surface area contributed by atoms with Crippen LogP contribution in [0.4, 0.5) is 30.6 Å². The minimum absolute atomic E-state index is 0.234. The zero-order chi connectivity index (χ0) is 25.6. The van der Waals surface area contributed by atoms with Crippen molar-refractivity contribution in [1.29, 1.82) is 0 Å². The minimum atomic E-state index is -4.83. The van der Waals surface area contributed by atoms with Crippen molar-refractivity contribution in [2.75, 3.05) is 43.4 Å². The monoisotopic (exact) mass is 512 g/mol. The third-order valence-corrected chi connectivity index (χ3v) is 5.29. The van der Waals surface area contributed by atoms with Gasteiger partial charge in [0, 0.05) is 24.7 Å². The molecular weight excluding hydrogens is 489 g/mol. The number of alkyl halides is 3. The summed E-state index contributed by atoms with van der Waals surface area (Å²) in [5.74, 6) is 0.128. The highest BCUT2D eigenvalue weighted by Crippen LogP contribution is 2.28. The van der Waals surface area contributed by atoms with Gasteiger partial charge in [0.05, 0.1) is 16.3 Å². The molecule has 3 rings (SSSR count). The Kier molecular flexibility index (Phi) is 7.99. The molecule has 0 amide bonds. The first kappa shape index (κ1) is 26.0. The summed E-state index contributed by atoms with van der Waals surface area (Å²) in [6, 6.07) is 12.2. The summed E-state index contributed by atoms with van der Waals surface area (Å²) in [5, 5.41) is 3.06. The van der Waals surface area contributed by atoms with Gasteiger partial charge in [0.25, 0.3) is 10.1 Å². The van der Waals surface area contributed by atoms with Crippen molar-refractivity contribution in [2.24, 2.45) is 0 Å². The Labute approximate surface area is 199 Å². The van der Waals surface area contributed by atoms with Crippen molar-refractivity contribution in [3.63, 3.8) is 0 Å². The molecule has 0 fully saturated rings. The quantitative estimate of drug-likeness (QED) is 0.236. The van der Waals surface area contributed by atoms with Crippen LogP contribution in [-0.2, 0) is 10.1 Å². The number of hydrazine groups is 1. The zero-order valence-corrected chi connectivity index (χ0v) is 19.5. The van der Waals surface area contributed by atoms with Crippen LogP contribution >= 0.6 is 0 Å². The minimum Gasteiger partial charge on any atom is -0.406 e. The molecule has 188 valence electrons. The van der Waals surface area contributed by atoms with Crippen LogP contribution in [0.3, 0.4) is 0 Å².